The van der Waals surface area contributed by atoms with E-state index in [1.807, 2.05) is 0 Å². The lowest BCUT2D eigenvalue weighted by Gasteiger charge is -2.30. The highest BCUT2D eigenvalue weighted by atomic mass is 32.1. The highest BCUT2D eigenvalue weighted by molar-refractivity contribution is 7.09. The number of likely N-dealkylation sites (tertiary alicyclic amines) is 1. The number of guanidine groups is 1. The van der Waals surface area contributed by atoms with Crippen molar-refractivity contribution in [2.45, 2.75) is 39.7 Å². The van der Waals surface area contributed by atoms with Crippen LogP contribution in [0, 0.1) is 12.8 Å². The zero-order chi connectivity index (χ0) is 15.1. The van der Waals surface area contributed by atoms with E-state index in [1.165, 1.54) is 18.5 Å². The van der Waals surface area contributed by atoms with Gasteiger partial charge in [-0.3, -0.25) is 9.89 Å². The third kappa shape index (κ3) is 5.63. The zero-order valence-corrected chi connectivity index (χ0v) is 14.0. The SMILES string of the molecule is CCCNC(N)=NCC1CCN(Cc2csc(C)n2)CC1. The van der Waals surface area contributed by atoms with Gasteiger partial charge in [-0.25, -0.2) is 4.98 Å². The van der Waals surface area contributed by atoms with Gasteiger partial charge in [0.1, 0.15) is 0 Å². The van der Waals surface area contributed by atoms with Crippen molar-refractivity contribution in [3.05, 3.63) is 16.1 Å². The van der Waals surface area contributed by atoms with Crippen LogP contribution in [0.5, 0.6) is 0 Å². The Balaban J connectivity index is 1.68. The summed E-state index contributed by atoms with van der Waals surface area (Å²) in [4.78, 5) is 11.5. The fraction of sp³-hybridized carbons (Fsp3) is 0.733. The number of thiazole rings is 1. The van der Waals surface area contributed by atoms with Gasteiger partial charge in [-0.15, -0.1) is 11.3 Å². The van der Waals surface area contributed by atoms with Crippen LogP contribution in [0.25, 0.3) is 0 Å². The summed E-state index contributed by atoms with van der Waals surface area (Å²) in [5.74, 6) is 1.26. The minimum absolute atomic E-state index is 0.595. The molecular formula is C15H27N5S. The second-order valence-electron chi connectivity index (χ2n) is 5.73. The second-order valence-corrected chi connectivity index (χ2v) is 6.79. The fourth-order valence-electron chi connectivity index (χ4n) is 2.57. The van der Waals surface area contributed by atoms with Gasteiger partial charge < -0.3 is 11.1 Å². The summed E-state index contributed by atoms with van der Waals surface area (Å²) >= 11 is 1.73. The number of aryl methyl sites for hydroxylation is 1. The van der Waals surface area contributed by atoms with Crippen molar-refractivity contribution in [1.29, 1.82) is 0 Å². The topological polar surface area (TPSA) is 66.5 Å². The largest absolute Gasteiger partial charge is 0.370 e. The summed E-state index contributed by atoms with van der Waals surface area (Å²) < 4.78 is 0. The predicted molar refractivity (Wildman–Crippen MR) is 89.6 cm³/mol. The first-order chi connectivity index (χ1) is 10.2. The predicted octanol–water partition coefficient (Wildman–Crippen LogP) is 1.98. The molecule has 1 saturated heterocycles. The number of nitrogens with one attached hydrogen (secondary N) is 1. The molecular weight excluding hydrogens is 282 g/mol. The molecule has 1 fully saturated rings. The summed E-state index contributed by atoms with van der Waals surface area (Å²) in [6.45, 7) is 9.21. The van der Waals surface area contributed by atoms with Crippen molar-refractivity contribution in [2.75, 3.05) is 26.2 Å². The summed E-state index contributed by atoms with van der Waals surface area (Å²) in [6, 6.07) is 0. The Labute approximate surface area is 131 Å². The van der Waals surface area contributed by atoms with Gasteiger partial charge in [0, 0.05) is 25.0 Å². The van der Waals surface area contributed by atoms with Gasteiger partial charge >= 0.3 is 0 Å². The van der Waals surface area contributed by atoms with Gasteiger partial charge in [0.2, 0.25) is 0 Å². The van der Waals surface area contributed by atoms with Crippen LogP contribution in [0.4, 0.5) is 0 Å². The molecule has 0 bridgehead atoms. The second kappa shape index (κ2) is 8.34. The average molecular weight is 309 g/mol. The van der Waals surface area contributed by atoms with Crippen LogP contribution < -0.4 is 11.1 Å². The minimum Gasteiger partial charge on any atom is -0.370 e. The molecule has 3 N–H and O–H groups in total. The Morgan fingerprint density at radius 2 is 2.29 bits per heavy atom. The lowest BCUT2D eigenvalue weighted by atomic mass is 9.97. The highest BCUT2D eigenvalue weighted by Crippen LogP contribution is 2.19. The first kappa shape index (κ1) is 16.2. The number of hydrogen-bond donors (Lipinski definition) is 2. The van der Waals surface area contributed by atoms with Crippen LogP contribution in [0.15, 0.2) is 10.4 Å². The Morgan fingerprint density at radius 3 is 2.90 bits per heavy atom. The maximum Gasteiger partial charge on any atom is 0.188 e. The van der Waals surface area contributed by atoms with Crippen LogP contribution in [-0.4, -0.2) is 42.0 Å². The molecule has 0 amide bonds. The Morgan fingerprint density at radius 1 is 1.52 bits per heavy atom. The normalized spacial score (nSPS) is 18.1. The molecule has 2 heterocycles. The number of nitrogens with zero attached hydrogens (tertiary/aromatic N) is 3. The Bertz CT molecular complexity index is 449. The third-order valence-electron chi connectivity index (χ3n) is 3.84. The first-order valence-electron chi connectivity index (χ1n) is 7.84. The lowest BCUT2D eigenvalue weighted by molar-refractivity contribution is 0.179. The molecule has 118 valence electrons. The van der Waals surface area contributed by atoms with Crippen molar-refractivity contribution in [2.24, 2.45) is 16.6 Å². The fourth-order valence-corrected chi connectivity index (χ4v) is 3.18. The van der Waals surface area contributed by atoms with Crippen LogP contribution in [-0.2, 0) is 6.54 Å². The van der Waals surface area contributed by atoms with Crippen molar-refractivity contribution in [1.82, 2.24) is 15.2 Å². The maximum absolute atomic E-state index is 5.83. The molecule has 1 aromatic rings. The Kier molecular flexibility index (Phi) is 6.45. The molecule has 21 heavy (non-hydrogen) atoms. The van der Waals surface area contributed by atoms with E-state index in [1.54, 1.807) is 11.3 Å². The number of aromatic nitrogens is 1. The summed E-state index contributed by atoms with van der Waals surface area (Å²) in [6.07, 6.45) is 3.48. The number of piperidine rings is 1. The van der Waals surface area contributed by atoms with Crippen LogP contribution >= 0.6 is 11.3 Å². The molecule has 1 aliphatic rings. The molecule has 0 aliphatic carbocycles. The van der Waals surface area contributed by atoms with E-state index in [0.717, 1.165) is 44.2 Å². The van der Waals surface area contributed by atoms with Crippen LogP contribution in [0.3, 0.4) is 0 Å². The van der Waals surface area contributed by atoms with Crippen molar-refractivity contribution >= 4 is 17.3 Å². The molecule has 0 atom stereocenters. The van der Waals surface area contributed by atoms with E-state index >= 15 is 0 Å². The highest BCUT2D eigenvalue weighted by Gasteiger charge is 2.19. The number of hydrogen-bond acceptors (Lipinski definition) is 4. The van der Waals surface area contributed by atoms with E-state index in [-0.39, 0.29) is 0 Å². The molecule has 1 aliphatic heterocycles. The monoisotopic (exact) mass is 309 g/mol. The van der Waals surface area contributed by atoms with Crippen LogP contribution in [0.1, 0.15) is 36.9 Å². The molecule has 0 unspecified atom stereocenters. The summed E-state index contributed by atoms with van der Waals surface area (Å²) in [7, 11) is 0. The number of rotatable bonds is 6. The van der Waals surface area contributed by atoms with Gasteiger partial charge in [0.05, 0.1) is 10.7 Å². The molecule has 0 aromatic carbocycles. The quantitative estimate of drug-likeness (QED) is 0.623. The van der Waals surface area contributed by atoms with E-state index in [0.29, 0.717) is 11.9 Å². The Hall–Kier alpha value is -1.14. The van der Waals surface area contributed by atoms with Gasteiger partial charge in [0.25, 0.3) is 0 Å². The molecule has 0 radical (unpaired) electrons. The van der Waals surface area contributed by atoms with Crippen molar-refractivity contribution in [3.8, 4) is 0 Å². The number of nitrogens with two attached hydrogens (primary N) is 1. The smallest absolute Gasteiger partial charge is 0.188 e. The summed E-state index contributed by atoms with van der Waals surface area (Å²) in [5, 5.41) is 6.46. The standard InChI is InChI=1S/C15H27N5S/c1-3-6-17-15(16)18-9-13-4-7-20(8-5-13)10-14-11-21-12(2)19-14/h11,13H,3-10H2,1-2H3,(H3,16,17,18). The van der Waals surface area contributed by atoms with Crippen molar-refractivity contribution in [3.63, 3.8) is 0 Å². The third-order valence-corrected chi connectivity index (χ3v) is 4.66. The summed E-state index contributed by atoms with van der Waals surface area (Å²) in [5.41, 5.74) is 7.04. The molecule has 5 nitrogen and oxygen atoms in total. The average Bonchev–Trinajstić information content (AvgIpc) is 2.89. The van der Waals surface area contributed by atoms with E-state index < -0.39 is 0 Å². The van der Waals surface area contributed by atoms with E-state index in [9.17, 15) is 0 Å². The molecule has 6 heteroatoms. The van der Waals surface area contributed by atoms with E-state index in [4.69, 9.17) is 5.73 Å². The lowest BCUT2D eigenvalue weighted by Crippen LogP contribution is -2.36. The minimum atomic E-state index is 0.595. The molecule has 2 rings (SSSR count). The first-order valence-corrected chi connectivity index (χ1v) is 8.72. The van der Waals surface area contributed by atoms with E-state index in [2.05, 4.69) is 39.4 Å². The molecule has 0 spiro atoms. The van der Waals surface area contributed by atoms with Crippen LogP contribution in [0.2, 0.25) is 0 Å². The van der Waals surface area contributed by atoms with Gasteiger partial charge in [-0.1, -0.05) is 6.92 Å². The van der Waals surface area contributed by atoms with Gasteiger partial charge in [0.15, 0.2) is 5.96 Å². The maximum atomic E-state index is 5.83. The zero-order valence-electron chi connectivity index (χ0n) is 13.1. The molecule has 1 aromatic heterocycles. The molecule has 0 saturated carbocycles. The van der Waals surface area contributed by atoms with Crippen molar-refractivity contribution < 1.29 is 0 Å². The number of aliphatic imine (C=N–C) groups is 1. The van der Waals surface area contributed by atoms with Gasteiger partial charge in [-0.2, -0.15) is 0 Å². The van der Waals surface area contributed by atoms with Gasteiger partial charge in [-0.05, 0) is 45.2 Å².